The summed E-state index contributed by atoms with van der Waals surface area (Å²) < 4.78 is 34.9. The molecule has 3 N–H and O–H groups in total. The number of nitrogens with zero attached hydrogens (tertiary/aromatic N) is 3. The van der Waals surface area contributed by atoms with Gasteiger partial charge in [0.05, 0.1) is 11.7 Å². The van der Waals surface area contributed by atoms with Crippen molar-refractivity contribution in [3.05, 3.63) is 53.9 Å². The summed E-state index contributed by atoms with van der Waals surface area (Å²) in [6.07, 6.45) is 9.22. The summed E-state index contributed by atoms with van der Waals surface area (Å²) in [4.78, 5) is 13.2. The Morgan fingerprint density at radius 2 is 2.19 bits per heavy atom. The summed E-state index contributed by atoms with van der Waals surface area (Å²) in [5.41, 5.74) is 6.11. The highest BCUT2D eigenvalue weighted by molar-refractivity contribution is 8.14. The summed E-state index contributed by atoms with van der Waals surface area (Å²) in [5, 5.41) is 4.51. The number of amidine groups is 1. The maximum Gasteiger partial charge on any atom is 0.164 e. The standard InChI is InChI=1S/C23H19F2N5OS/c1-3-6-31-14-7-12-4-5-27-21(20(12)28-11-14)29-13-8-16(19(25)17(24)9-13)23(2)15-10-18(15)32-22(26)30-23/h1,4-5,7-9,11,15,18H,6,10H2,2H3,(H2,26,30)(H,27,29)/t15-,18+,23+/m1/s1. The molecule has 0 spiro atoms. The number of fused-ring (bicyclic) bond motifs is 2. The molecule has 9 heteroatoms. The summed E-state index contributed by atoms with van der Waals surface area (Å²) >= 11 is 1.49. The number of halogens is 2. The van der Waals surface area contributed by atoms with Crippen molar-refractivity contribution < 1.29 is 13.5 Å². The maximum atomic E-state index is 14.9. The van der Waals surface area contributed by atoms with E-state index in [2.05, 4.69) is 26.2 Å². The van der Waals surface area contributed by atoms with E-state index in [-0.39, 0.29) is 23.3 Å². The highest BCUT2D eigenvalue weighted by Crippen LogP contribution is 2.58. The summed E-state index contributed by atoms with van der Waals surface area (Å²) in [6, 6.07) is 6.24. The van der Waals surface area contributed by atoms with E-state index < -0.39 is 17.2 Å². The number of anilines is 2. The SMILES string of the molecule is C#CCOc1cnc2c(Nc3cc(F)c(F)c([C@@]4(C)N=C(N)S[C@H]5C[C@H]54)c3)nccc2c1. The Bertz CT molecular complexity index is 1310. The molecule has 1 fully saturated rings. The van der Waals surface area contributed by atoms with Gasteiger partial charge in [-0.25, -0.2) is 18.7 Å². The van der Waals surface area contributed by atoms with Gasteiger partial charge in [-0.15, -0.1) is 6.42 Å². The minimum Gasteiger partial charge on any atom is -0.479 e. The van der Waals surface area contributed by atoms with Crippen molar-refractivity contribution >= 4 is 39.3 Å². The number of terminal acetylenes is 1. The van der Waals surface area contributed by atoms with Crippen LogP contribution in [0.15, 0.2) is 41.7 Å². The van der Waals surface area contributed by atoms with E-state index in [1.54, 1.807) is 31.3 Å². The lowest BCUT2D eigenvalue weighted by molar-refractivity contribution is 0.369. The van der Waals surface area contributed by atoms with Gasteiger partial charge in [-0.05, 0) is 31.5 Å². The molecule has 1 saturated carbocycles. The molecule has 3 atom stereocenters. The number of pyridine rings is 2. The Hall–Kier alpha value is -3.38. The molecule has 0 bridgehead atoms. The van der Waals surface area contributed by atoms with Crippen LogP contribution in [0.25, 0.3) is 10.9 Å². The largest absolute Gasteiger partial charge is 0.479 e. The van der Waals surface area contributed by atoms with Gasteiger partial charge < -0.3 is 15.8 Å². The molecule has 32 heavy (non-hydrogen) atoms. The van der Waals surface area contributed by atoms with Gasteiger partial charge in [-0.2, -0.15) is 0 Å². The molecule has 6 nitrogen and oxygen atoms in total. The Morgan fingerprint density at radius 1 is 1.34 bits per heavy atom. The lowest BCUT2D eigenvalue weighted by atomic mass is 9.86. The van der Waals surface area contributed by atoms with Crippen LogP contribution >= 0.6 is 11.8 Å². The monoisotopic (exact) mass is 451 g/mol. The van der Waals surface area contributed by atoms with E-state index in [1.165, 1.54) is 18.0 Å². The highest BCUT2D eigenvalue weighted by atomic mass is 32.2. The average Bonchev–Trinajstić information content (AvgIpc) is 3.55. The molecule has 2 aliphatic rings. The van der Waals surface area contributed by atoms with Crippen LogP contribution in [-0.2, 0) is 5.54 Å². The van der Waals surface area contributed by atoms with Crippen LogP contribution in [0.5, 0.6) is 5.75 Å². The van der Waals surface area contributed by atoms with Crippen molar-refractivity contribution in [2.75, 3.05) is 11.9 Å². The molecule has 3 heterocycles. The van der Waals surface area contributed by atoms with Gasteiger partial charge >= 0.3 is 0 Å². The van der Waals surface area contributed by atoms with E-state index in [1.807, 2.05) is 0 Å². The predicted octanol–water partition coefficient (Wildman–Crippen LogP) is 4.33. The number of thioether (sulfide) groups is 1. The Morgan fingerprint density at radius 3 is 3.00 bits per heavy atom. The lowest BCUT2D eigenvalue weighted by Crippen LogP contribution is -2.32. The number of nitrogens with two attached hydrogens (primary N) is 1. The lowest BCUT2D eigenvalue weighted by Gasteiger charge is -2.30. The van der Waals surface area contributed by atoms with Crippen molar-refractivity contribution in [1.29, 1.82) is 0 Å². The van der Waals surface area contributed by atoms with E-state index >= 15 is 0 Å². The number of ether oxygens (including phenoxy) is 1. The van der Waals surface area contributed by atoms with Crippen LogP contribution in [0.4, 0.5) is 20.3 Å². The molecule has 5 rings (SSSR count). The molecule has 0 unspecified atom stereocenters. The molecule has 162 valence electrons. The van der Waals surface area contributed by atoms with Crippen LogP contribution in [0.1, 0.15) is 18.9 Å². The van der Waals surface area contributed by atoms with Crippen LogP contribution in [0, 0.1) is 29.9 Å². The number of rotatable bonds is 5. The number of aromatic nitrogens is 2. The molecule has 0 saturated heterocycles. The van der Waals surface area contributed by atoms with Crippen molar-refractivity contribution in [2.45, 2.75) is 24.1 Å². The van der Waals surface area contributed by atoms with Crippen LogP contribution in [-0.4, -0.2) is 27.0 Å². The van der Waals surface area contributed by atoms with Crippen molar-refractivity contribution in [1.82, 2.24) is 9.97 Å². The average molecular weight is 452 g/mol. The number of benzene rings is 1. The smallest absolute Gasteiger partial charge is 0.164 e. The third-order valence-corrected chi connectivity index (χ3v) is 6.96. The zero-order valence-corrected chi connectivity index (χ0v) is 17.9. The second kappa shape index (κ2) is 7.64. The van der Waals surface area contributed by atoms with Gasteiger partial charge in [0.2, 0.25) is 0 Å². The second-order valence-electron chi connectivity index (χ2n) is 7.94. The summed E-state index contributed by atoms with van der Waals surface area (Å²) in [6.45, 7) is 1.94. The molecular formula is C23H19F2N5OS. The molecule has 1 aliphatic carbocycles. The molecule has 1 aromatic carbocycles. The zero-order valence-electron chi connectivity index (χ0n) is 17.1. The van der Waals surface area contributed by atoms with E-state index in [9.17, 15) is 8.78 Å². The van der Waals surface area contributed by atoms with Gasteiger partial charge in [0.1, 0.15) is 17.9 Å². The highest BCUT2D eigenvalue weighted by Gasteiger charge is 2.56. The van der Waals surface area contributed by atoms with Crippen LogP contribution < -0.4 is 15.8 Å². The van der Waals surface area contributed by atoms with Gasteiger partial charge in [-0.3, -0.25) is 4.99 Å². The van der Waals surface area contributed by atoms with Gasteiger partial charge in [0.25, 0.3) is 0 Å². The first-order valence-electron chi connectivity index (χ1n) is 9.98. The van der Waals surface area contributed by atoms with Gasteiger partial charge in [0.15, 0.2) is 22.6 Å². The second-order valence-corrected chi connectivity index (χ2v) is 9.20. The fourth-order valence-electron chi connectivity index (χ4n) is 4.15. The first kappa shape index (κ1) is 20.5. The van der Waals surface area contributed by atoms with E-state index in [0.29, 0.717) is 27.9 Å². The zero-order chi connectivity index (χ0) is 22.5. The van der Waals surface area contributed by atoms with Crippen molar-refractivity contribution in [3.8, 4) is 18.1 Å². The molecule has 1 aliphatic heterocycles. The van der Waals surface area contributed by atoms with Crippen LogP contribution in [0.2, 0.25) is 0 Å². The van der Waals surface area contributed by atoms with Crippen molar-refractivity contribution in [2.24, 2.45) is 16.6 Å². The quantitative estimate of drug-likeness (QED) is 0.562. The van der Waals surface area contributed by atoms with Gasteiger partial charge in [-0.1, -0.05) is 17.7 Å². The Labute approximate surface area is 187 Å². The third-order valence-electron chi connectivity index (χ3n) is 5.80. The maximum absolute atomic E-state index is 14.9. The van der Waals surface area contributed by atoms with E-state index in [4.69, 9.17) is 16.9 Å². The Balaban J connectivity index is 1.52. The number of hydrogen-bond donors (Lipinski definition) is 2. The Kier molecular flexibility index (Phi) is 4.90. The minimum atomic E-state index is -0.964. The fraction of sp³-hybridized carbons (Fsp3) is 0.261. The predicted molar refractivity (Wildman–Crippen MR) is 122 cm³/mol. The minimum absolute atomic E-state index is 0.114. The first-order valence-corrected chi connectivity index (χ1v) is 10.9. The molecule has 2 aromatic heterocycles. The third kappa shape index (κ3) is 3.50. The molecule has 3 aromatic rings. The van der Waals surface area contributed by atoms with Gasteiger partial charge in [0, 0.05) is 40.1 Å². The normalized spacial score (nSPS) is 23.8. The number of hydrogen-bond acceptors (Lipinski definition) is 7. The first-order chi connectivity index (χ1) is 15.4. The summed E-state index contributed by atoms with van der Waals surface area (Å²) in [5.74, 6) is 1.57. The molecule has 0 amide bonds. The number of aliphatic imine (C=N–C) groups is 1. The molecule has 0 radical (unpaired) electrons. The van der Waals surface area contributed by atoms with Crippen molar-refractivity contribution in [3.63, 3.8) is 0 Å². The topological polar surface area (TPSA) is 85.4 Å². The fourth-order valence-corrected chi connectivity index (χ4v) is 5.43. The van der Waals surface area contributed by atoms with Crippen LogP contribution in [0.3, 0.4) is 0 Å². The summed E-state index contributed by atoms with van der Waals surface area (Å²) in [7, 11) is 0. The van der Waals surface area contributed by atoms with E-state index in [0.717, 1.165) is 17.9 Å². The molecular weight excluding hydrogens is 432 g/mol. The number of nitrogens with one attached hydrogen (secondary N) is 1.